The number of esters is 1. The van der Waals surface area contributed by atoms with Crippen LogP contribution in [-0.4, -0.2) is 20.6 Å². The van der Waals surface area contributed by atoms with Gasteiger partial charge in [-0.1, -0.05) is 35.9 Å². The Labute approximate surface area is 163 Å². The van der Waals surface area contributed by atoms with E-state index < -0.39 is 5.97 Å². The number of fused-ring (bicyclic) bond motifs is 1. The van der Waals surface area contributed by atoms with Crippen molar-refractivity contribution in [3.63, 3.8) is 0 Å². The third-order valence-corrected chi connectivity index (χ3v) is 5.25. The first kappa shape index (κ1) is 17.5. The van der Waals surface area contributed by atoms with Crippen molar-refractivity contribution in [2.45, 2.75) is 13.5 Å². The van der Waals surface area contributed by atoms with E-state index in [0.717, 1.165) is 10.4 Å². The SMILES string of the molecule is Cc1ccccc1OC(=O)c1c(O)n(Cc2cnc(Cl)s2)c2cccc[n+]12. The third kappa shape index (κ3) is 3.27. The Morgan fingerprint density at radius 2 is 2.07 bits per heavy atom. The van der Waals surface area contributed by atoms with Crippen molar-refractivity contribution >= 4 is 34.6 Å². The Morgan fingerprint density at radius 3 is 2.81 bits per heavy atom. The van der Waals surface area contributed by atoms with Crippen LogP contribution in [0.4, 0.5) is 0 Å². The lowest BCUT2D eigenvalue weighted by atomic mass is 10.2. The molecule has 0 radical (unpaired) electrons. The molecule has 3 aromatic heterocycles. The van der Waals surface area contributed by atoms with E-state index in [9.17, 15) is 9.90 Å². The van der Waals surface area contributed by atoms with E-state index in [1.165, 1.54) is 11.3 Å². The number of hydrogen-bond acceptors (Lipinski definition) is 5. The summed E-state index contributed by atoms with van der Waals surface area (Å²) in [5.41, 5.74) is 1.54. The van der Waals surface area contributed by atoms with Crippen LogP contribution in [0.5, 0.6) is 11.6 Å². The van der Waals surface area contributed by atoms with Crippen molar-refractivity contribution in [3.05, 3.63) is 75.5 Å². The fourth-order valence-corrected chi connectivity index (χ4v) is 3.83. The van der Waals surface area contributed by atoms with Gasteiger partial charge in [-0.2, -0.15) is 8.97 Å². The molecule has 27 heavy (non-hydrogen) atoms. The zero-order valence-corrected chi connectivity index (χ0v) is 15.9. The lowest BCUT2D eigenvalue weighted by Crippen LogP contribution is -2.29. The molecule has 8 heteroatoms. The maximum atomic E-state index is 12.8. The molecule has 0 unspecified atom stereocenters. The van der Waals surface area contributed by atoms with Gasteiger partial charge < -0.3 is 9.84 Å². The number of benzene rings is 1. The minimum atomic E-state index is -0.635. The molecule has 0 aliphatic carbocycles. The average Bonchev–Trinajstić information content (AvgIpc) is 3.19. The van der Waals surface area contributed by atoms with Gasteiger partial charge >= 0.3 is 17.5 Å². The summed E-state index contributed by atoms with van der Waals surface area (Å²) in [5, 5.41) is 10.8. The standard InChI is InChI=1S/C19H14ClN3O3S/c1-12-6-2-3-7-14(12)26-18(25)16-17(24)23(11-13-10-21-19(20)27-13)15-8-4-5-9-22(15)16/h2-10H,11H2,1H3/p+1. The van der Waals surface area contributed by atoms with Gasteiger partial charge in [-0.25, -0.2) is 9.78 Å². The van der Waals surface area contributed by atoms with E-state index in [4.69, 9.17) is 16.3 Å². The number of nitrogens with zero attached hydrogens (tertiary/aromatic N) is 3. The second-order valence-electron chi connectivity index (χ2n) is 5.92. The second kappa shape index (κ2) is 7.02. The highest BCUT2D eigenvalue weighted by atomic mass is 35.5. The highest BCUT2D eigenvalue weighted by Crippen LogP contribution is 2.26. The number of hydrogen-bond donors (Lipinski definition) is 1. The molecule has 1 aromatic carbocycles. The zero-order chi connectivity index (χ0) is 19.0. The van der Waals surface area contributed by atoms with Crippen molar-refractivity contribution in [1.82, 2.24) is 9.55 Å². The molecular weight excluding hydrogens is 386 g/mol. The van der Waals surface area contributed by atoms with Gasteiger partial charge in [0.05, 0.1) is 11.1 Å². The number of aromatic nitrogens is 3. The molecule has 4 rings (SSSR count). The molecule has 6 nitrogen and oxygen atoms in total. The number of thiazole rings is 1. The molecule has 1 N–H and O–H groups in total. The third-order valence-electron chi connectivity index (χ3n) is 4.15. The smallest absolute Gasteiger partial charge is 0.392 e. The molecule has 0 amide bonds. The van der Waals surface area contributed by atoms with Crippen LogP contribution < -0.4 is 9.14 Å². The number of para-hydroxylation sites is 1. The van der Waals surface area contributed by atoms with E-state index in [2.05, 4.69) is 4.98 Å². The summed E-state index contributed by atoms with van der Waals surface area (Å²) < 4.78 is 9.18. The Balaban J connectivity index is 1.78. The number of halogens is 1. The van der Waals surface area contributed by atoms with Crippen molar-refractivity contribution in [2.75, 3.05) is 0 Å². The quantitative estimate of drug-likeness (QED) is 0.323. The first-order valence-electron chi connectivity index (χ1n) is 8.14. The van der Waals surface area contributed by atoms with Crippen LogP contribution in [-0.2, 0) is 6.54 Å². The molecule has 0 aliphatic heterocycles. The van der Waals surface area contributed by atoms with Crippen LogP contribution in [0.1, 0.15) is 20.9 Å². The Morgan fingerprint density at radius 1 is 1.30 bits per heavy atom. The summed E-state index contributed by atoms with van der Waals surface area (Å²) in [4.78, 5) is 17.7. The van der Waals surface area contributed by atoms with Gasteiger partial charge in [-0.15, -0.1) is 11.3 Å². The Kier molecular flexibility index (Phi) is 4.55. The summed E-state index contributed by atoms with van der Waals surface area (Å²) >= 11 is 7.22. The molecule has 0 aliphatic rings. The van der Waals surface area contributed by atoms with Crippen molar-refractivity contribution in [2.24, 2.45) is 0 Å². The zero-order valence-electron chi connectivity index (χ0n) is 14.3. The van der Waals surface area contributed by atoms with Gasteiger partial charge in [0.2, 0.25) is 0 Å². The normalized spacial score (nSPS) is 11.0. The number of carbonyl (C=O) groups excluding carboxylic acids is 1. The second-order valence-corrected chi connectivity index (χ2v) is 7.62. The Bertz CT molecular complexity index is 1150. The minimum absolute atomic E-state index is 0.0597. The van der Waals surface area contributed by atoms with E-state index in [1.807, 2.05) is 31.2 Å². The topological polar surface area (TPSA) is 68.4 Å². The molecule has 0 saturated heterocycles. The van der Waals surface area contributed by atoms with Gasteiger partial charge in [-0.3, -0.25) is 0 Å². The number of ether oxygens (including phenoxy) is 1. The lowest BCUT2D eigenvalue weighted by molar-refractivity contribution is -0.514. The van der Waals surface area contributed by atoms with Crippen molar-refractivity contribution in [3.8, 4) is 11.6 Å². The van der Waals surface area contributed by atoms with Crippen LogP contribution >= 0.6 is 22.9 Å². The first-order valence-corrected chi connectivity index (χ1v) is 9.34. The molecule has 0 bridgehead atoms. The summed E-state index contributed by atoms with van der Waals surface area (Å²) in [6, 6.07) is 12.7. The fraction of sp³-hybridized carbons (Fsp3) is 0.105. The molecule has 0 spiro atoms. The minimum Gasteiger partial charge on any atom is -0.474 e. The molecule has 3 heterocycles. The van der Waals surface area contributed by atoms with Crippen molar-refractivity contribution in [1.29, 1.82) is 0 Å². The van der Waals surface area contributed by atoms with Crippen LogP contribution in [0.25, 0.3) is 5.65 Å². The summed E-state index contributed by atoms with van der Waals surface area (Å²) in [5.74, 6) is -0.359. The number of pyridine rings is 1. The van der Waals surface area contributed by atoms with Gasteiger partial charge in [0, 0.05) is 12.3 Å². The molecular formula is C19H15ClN3O3S+. The first-order chi connectivity index (χ1) is 13.0. The number of imidazole rings is 1. The lowest BCUT2D eigenvalue weighted by Gasteiger charge is -2.04. The van der Waals surface area contributed by atoms with Gasteiger partial charge in [0.25, 0.3) is 5.65 Å². The van der Waals surface area contributed by atoms with E-state index in [1.54, 1.807) is 39.6 Å². The molecule has 4 aromatic rings. The molecule has 0 saturated carbocycles. The maximum absolute atomic E-state index is 12.8. The van der Waals surface area contributed by atoms with Crippen LogP contribution in [0.15, 0.2) is 54.9 Å². The summed E-state index contributed by atoms with van der Waals surface area (Å²) in [6.45, 7) is 2.19. The number of carbonyl (C=O) groups is 1. The van der Waals surface area contributed by atoms with E-state index in [-0.39, 0.29) is 11.6 Å². The number of aromatic hydroxyl groups is 1. The largest absolute Gasteiger partial charge is 0.474 e. The number of rotatable bonds is 4. The van der Waals surface area contributed by atoms with Crippen molar-refractivity contribution < 1.29 is 19.0 Å². The number of aryl methyl sites for hydroxylation is 1. The van der Waals surface area contributed by atoms with Crippen LogP contribution in [0, 0.1) is 6.92 Å². The predicted molar refractivity (Wildman–Crippen MR) is 102 cm³/mol. The van der Waals surface area contributed by atoms with Gasteiger partial charge in [-0.05, 0) is 24.6 Å². The molecule has 136 valence electrons. The average molecular weight is 401 g/mol. The predicted octanol–water partition coefficient (Wildman–Crippen LogP) is 3.62. The maximum Gasteiger partial charge on any atom is 0.392 e. The highest BCUT2D eigenvalue weighted by molar-refractivity contribution is 7.15. The summed E-state index contributed by atoms with van der Waals surface area (Å²) in [7, 11) is 0. The van der Waals surface area contributed by atoms with Crippen LogP contribution in [0.3, 0.4) is 0 Å². The molecule has 0 atom stereocenters. The molecule has 0 fully saturated rings. The highest BCUT2D eigenvalue weighted by Gasteiger charge is 2.32. The summed E-state index contributed by atoms with van der Waals surface area (Å²) in [6.07, 6.45) is 3.36. The monoisotopic (exact) mass is 400 g/mol. The van der Waals surface area contributed by atoms with Gasteiger partial charge in [0.1, 0.15) is 12.3 Å². The fourth-order valence-electron chi connectivity index (χ4n) is 2.86. The van der Waals surface area contributed by atoms with E-state index >= 15 is 0 Å². The van der Waals surface area contributed by atoms with Crippen LogP contribution in [0.2, 0.25) is 4.47 Å². The van der Waals surface area contributed by atoms with E-state index in [0.29, 0.717) is 22.4 Å². The Hall–Kier alpha value is -2.90. The van der Waals surface area contributed by atoms with Gasteiger partial charge in [0.15, 0.2) is 4.47 Å².